The molecule has 1 saturated heterocycles. The molecule has 0 spiro atoms. The number of hydrogen-bond acceptors (Lipinski definition) is 4. The molecule has 0 bridgehead atoms. The van der Waals surface area contributed by atoms with Crippen LogP contribution in [0.5, 0.6) is 0 Å². The monoisotopic (exact) mass is 228 g/mol. The molecule has 2 N–H and O–H groups in total. The zero-order chi connectivity index (χ0) is 12.0. The number of rotatable bonds is 5. The Balaban J connectivity index is 2.22. The van der Waals surface area contributed by atoms with E-state index in [2.05, 4.69) is 10.6 Å². The van der Waals surface area contributed by atoms with Crippen LogP contribution in [0.2, 0.25) is 0 Å². The Hall–Kier alpha value is -1.10. The predicted molar refractivity (Wildman–Crippen MR) is 59.8 cm³/mol. The first-order valence-electron chi connectivity index (χ1n) is 5.80. The van der Waals surface area contributed by atoms with Gasteiger partial charge >= 0.3 is 5.97 Å². The highest BCUT2D eigenvalue weighted by atomic mass is 16.5. The minimum Gasteiger partial charge on any atom is -0.466 e. The van der Waals surface area contributed by atoms with Gasteiger partial charge in [0.2, 0.25) is 5.91 Å². The van der Waals surface area contributed by atoms with Gasteiger partial charge in [-0.2, -0.15) is 0 Å². The molecule has 0 radical (unpaired) electrons. The second-order valence-corrected chi connectivity index (χ2v) is 4.09. The van der Waals surface area contributed by atoms with E-state index < -0.39 is 0 Å². The van der Waals surface area contributed by atoms with E-state index >= 15 is 0 Å². The SMILES string of the molecule is CCOC(=O)C(C)CNC(=O)C1CCNC1. The molecular weight excluding hydrogens is 208 g/mol. The molecule has 16 heavy (non-hydrogen) atoms. The van der Waals surface area contributed by atoms with Crippen LogP contribution in [0.15, 0.2) is 0 Å². The van der Waals surface area contributed by atoms with Crippen LogP contribution >= 0.6 is 0 Å². The van der Waals surface area contributed by atoms with E-state index in [-0.39, 0.29) is 23.7 Å². The first-order chi connectivity index (χ1) is 7.65. The molecule has 1 aliphatic heterocycles. The molecule has 1 amide bonds. The Morgan fingerprint density at radius 2 is 2.31 bits per heavy atom. The predicted octanol–water partition coefficient (Wildman–Crippen LogP) is -0.0887. The molecule has 0 aliphatic carbocycles. The van der Waals surface area contributed by atoms with Gasteiger partial charge in [0.15, 0.2) is 0 Å². The first kappa shape index (κ1) is 13.0. The molecule has 0 aromatic carbocycles. The fourth-order valence-corrected chi connectivity index (χ4v) is 1.64. The summed E-state index contributed by atoms with van der Waals surface area (Å²) in [6.45, 7) is 5.89. The molecule has 1 rings (SSSR count). The van der Waals surface area contributed by atoms with E-state index in [4.69, 9.17) is 4.74 Å². The lowest BCUT2D eigenvalue weighted by Gasteiger charge is -2.13. The van der Waals surface area contributed by atoms with Crippen LogP contribution in [-0.4, -0.2) is 38.1 Å². The minimum atomic E-state index is -0.279. The van der Waals surface area contributed by atoms with Crippen molar-refractivity contribution in [2.45, 2.75) is 20.3 Å². The molecule has 0 aromatic heterocycles. The highest BCUT2D eigenvalue weighted by molar-refractivity contribution is 5.80. The van der Waals surface area contributed by atoms with Gasteiger partial charge < -0.3 is 15.4 Å². The van der Waals surface area contributed by atoms with Gasteiger partial charge in [-0.15, -0.1) is 0 Å². The summed E-state index contributed by atoms with van der Waals surface area (Å²) in [6.07, 6.45) is 0.875. The number of esters is 1. The van der Waals surface area contributed by atoms with Crippen molar-refractivity contribution in [3.8, 4) is 0 Å². The van der Waals surface area contributed by atoms with Crippen LogP contribution in [0.4, 0.5) is 0 Å². The summed E-state index contributed by atoms with van der Waals surface area (Å²) in [5.41, 5.74) is 0. The molecule has 5 nitrogen and oxygen atoms in total. The average Bonchev–Trinajstić information content (AvgIpc) is 2.79. The highest BCUT2D eigenvalue weighted by Gasteiger charge is 2.23. The lowest BCUT2D eigenvalue weighted by Crippen LogP contribution is -2.37. The van der Waals surface area contributed by atoms with Gasteiger partial charge in [0.25, 0.3) is 0 Å². The second-order valence-electron chi connectivity index (χ2n) is 4.09. The summed E-state index contributed by atoms with van der Waals surface area (Å²) in [7, 11) is 0. The third kappa shape index (κ3) is 3.81. The van der Waals surface area contributed by atoms with Gasteiger partial charge in [0.1, 0.15) is 0 Å². The van der Waals surface area contributed by atoms with Crippen LogP contribution in [0, 0.1) is 11.8 Å². The van der Waals surface area contributed by atoms with E-state index in [0.717, 1.165) is 19.5 Å². The van der Waals surface area contributed by atoms with Gasteiger partial charge in [0, 0.05) is 13.1 Å². The average molecular weight is 228 g/mol. The zero-order valence-electron chi connectivity index (χ0n) is 9.91. The summed E-state index contributed by atoms with van der Waals surface area (Å²) >= 11 is 0. The molecule has 2 atom stereocenters. The van der Waals surface area contributed by atoms with Gasteiger partial charge in [-0.1, -0.05) is 6.92 Å². The lowest BCUT2D eigenvalue weighted by molar-refractivity contribution is -0.147. The molecule has 0 saturated carbocycles. The lowest BCUT2D eigenvalue weighted by atomic mass is 10.1. The molecule has 92 valence electrons. The van der Waals surface area contributed by atoms with Crippen LogP contribution in [0.3, 0.4) is 0 Å². The van der Waals surface area contributed by atoms with Crippen LogP contribution < -0.4 is 10.6 Å². The summed E-state index contributed by atoms with van der Waals surface area (Å²) in [5, 5.41) is 5.92. The van der Waals surface area contributed by atoms with E-state index in [9.17, 15) is 9.59 Å². The Kier molecular flexibility index (Phi) is 5.25. The first-order valence-corrected chi connectivity index (χ1v) is 5.80. The van der Waals surface area contributed by atoms with E-state index in [1.165, 1.54) is 0 Å². The Morgan fingerprint density at radius 3 is 2.88 bits per heavy atom. The van der Waals surface area contributed by atoms with Crippen LogP contribution in [0.1, 0.15) is 20.3 Å². The summed E-state index contributed by atoms with van der Waals surface area (Å²) in [6, 6.07) is 0. The maximum atomic E-state index is 11.6. The topological polar surface area (TPSA) is 67.4 Å². The molecule has 1 aliphatic rings. The van der Waals surface area contributed by atoms with Gasteiger partial charge in [-0.3, -0.25) is 9.59 Å². The van der Waals surface area contributed by atoms with Gasteiger partial charge in [-0.05, 0) is 19.9 Å². The fourth-order valence-electron chi connectivity index (χ4n) is 1.64. The van der Waals surface area contributed by atoms with Crippen molar-refractivity contribution < 1.29 is 14.3 Å². The Morgan fingerprint density at radius 1 is 1.56 bits per heavy atom. The third-order valence-electron chi connectivity index (χ3n) is 2.70. The zero-order valence-corrected chi connectivity index (χ0v) is 9.91. The van der Waals surface area contributed by atoms with Crippen molar-refractivity contribution in [3.63, 3.8) is 0 Å². The largest absolute Gasteiger partial charge is 0.466 e. The Bertz CT molecular complexity index is 250. The van der Waals surface area contributed by atoms with Crippen LogP contribution in [0.25, 0.3) is 0 Å². The standard InChI is InChI=1S/C11H20N2O3/c1-3-16-11(15)8(2)6-13-10(14)9-4-5-12-7-9/h8-9,12H,3-7H2,1-2H3,(H,13,14). The highest BCUT2D eigenvalue weighted by Crippen LogP contribution is 2.07. The fraction of sp³-hybridized carbons (Fsp3) is 0.818. The van der Waals surface area contributed by atoms with Crippen molar-refractivity contribution in [3.05, 3.63) is 0 Å². The molecule has 1 heterocycles. The third-order valence-corrected chi connectivity index (χ3v) is 2.70. The minimum absolute atomic E-state index is 0.0288. The molecule has 2 unspecified atom stereocenters. The van der Waals surface area contributed by atoms with Crippen molar-refractivity contribution in [1.82, 2.24) is 10.6 Å². The maximum Gasteiger partial charge on any atom is 0.310 e. The summed E-state index contributed by atoms with van der Waals surface area (Å²) in [5.74, 6) is -0.457. The molecule has 0 aromatic rings. The van der Waals surface area contributed by atoms with Crippen molar-refractivity contribution in [2.24, 2.45) is 11.8 Å². The Labute approximate surface area is 95.9 Å². The van der Waals surface area contributed by atoms with Crippen molar-refractivity contribution >= 4 is 11.9 Å². The number of ether oxygens (including phenoxy) is 1. The molecular formula is C11H20N2O3. The van der Waals surface area contributed by atoms with E-state index in [0.29, 0.717) is 13.2 Å². The number of nitrogens with one attached hydrogen (secondary N) is 2. The van der Waals surface area contributed by atoms with Crippen molar-refractivity contribution in [2.75, 3.05) is 26.2 Å². The number of amides is 1. The summed E-state index contributed by atoms with van der Waals surface area (Å²) < 4.78 is 4.86. The maximum absolute atomic E-state index is 11.6. The number of hydrogen-bond donors (Lipinski definition) is 2. The van der Waals surface area contributed by atoms with Crippen LogP contribution in [-0.2, 0) is 14.3 Å². The van der Waals surface area contributed by atoms with E-state index in [1.807, 2.05) is 0 Å². The molecule has 5 heteroatoms. The van der Waals surface area contributed by atoms with E-state index in [1.54, 1.807) is 13.8 Å². The normalized spacial score (nSPS) is 21.5. The quantitative estimate of drug-likeness (QED) is 0.645. The second kappa shape index (κ2) is 6.48. The molecule has 1 fully saturated rings. The summed E-state index contributed by atoms with van der Waals surface area (Å²) in [4.78, 5) is 22.9. The number of carbonyl (C=O) groups excluding carboxylic acids is 2. The van der Waals surface area contributed by atoms with Crippen molar-refractivity contribution in [1.29, 1.82) is 0 Å². The van der Waals surface area contributed by atoms with Gasteiger partial charge in [-0.25, -0.2) is 0 Å². The number of carbonyl (C=O) groups is 2. The smallest absolute Gasteiger partial charge is 0.310 e. The van der Waals surface area contributed by atoms with Gasteiger partial charge in [0.05, 0.1) is 18.4 Å².